The molecule has 0 bridgehead atoms. The molecular weight excluding hydrogens is 216 g/mol. The largest absolute Gasteiger partial charge is 0.495 e. The summed E-state index contributed by atoms with van der Waals surface area (Å²) in [7, 11) is 1.51. The van der Waals surface area contributed by atoms with E-state index in [0.29, 0.717) is 30.1 Å². The molecule has 1 aromatic rings. The Morgan fingerprint density at radius 3 is 2.82 bits per heavy atom. The highest BCUT2D eigenvalue weighted by Gasteiger charge is 2.14. The number of terminal acetylenes is 1. The van der Waals surface area contributed by atoms with Gasteiger partial charge in [0.15, 0.2) is 0 Å². The van der Waals surface area contributed by atoms with Gasteiger partial charge in [0.2, 0.25) is 0 Å². The number of hydrogen-bond acceptors (Lipinski definition) is 3. The van der Waals surface area contributed by atoms with E-state index in [0.717, 1.165) is 0 Å². The number of carbonyl (C=O) groups excluding carboxylic acids is 1. The lowest BCUT2D eigenvalue weighted by Gasteiger charge is -2.18. The third-order valence-electron chi connectivity index (χ3n) is 2.43. The fourth-order valence-electron chi connectivity index (χ4n) is 1.46. The Kier molecular flexibility index (Phi) is 4.41. The van der Waals surface area contributed by atoms with Crippen LogP contribution >= 0.6 is 0 Å². The van der Waals surface area contributed by atoms with Gasteiger partial charge >= 0.3 is 0 Å². The van der Waals surface area contributed by atoms with Crippen LogP contribution in [-0.2, 0) is 0 Å². The zero-order valence-electron chi connectivity index (χ0n) is 10.1. The van der Waals surface area contributed by atoms with Gasteiger partial charge in [-0.1, -0.05) is 5.92 Å². The molecule has 0 atom stereocenters. The summed E-state index contributed by atoms with van der Waals surface area (Å²) >= 11 is 0. The highest BCUT2D eigenvalue weighted by atomic mass is 16.5. The number of nitrogen functional groups attached to an aromatic ring is 1. The van der Waals surface area contributed by atoms with Gasteiger partial charge in [0.1, 0.15) is 5.75 Å². The minimum absolute atomic E-state index is 0.122. The third kappa shape index (κ3) is 2.91. The van der Waals surface area contributed by atoms with Crippen LogP contribution in [0.5, 0.6) is 5.75 Å². The molecule has 1 rings (SSSR count). The van der Waals surface area contributed by atoms with E-state index in [9.17, 15) is 4.79 Å². The average molecular weight is 232 g/mol. The van der Waals surface area contributed by atoms with E-state index in [1.165, 1.54) is 7.11 Å². The molecule has 1 aromatic carbocycles. The molecule has 4 nitrogen and oxygen atoms in total. The Hall–Kier alpha value is -2.15. The molecule has 0 fully saturated rings. The molecule has 0 saturated heterocycles. The summed E-state index contributed by atoms with van der Waals surface area (Å²) in [5.74, 6) is 2.83. The van der Waals surface area contributed by atoms with Crippen molar-refractivity contribution in [3.63, 3.8) is 0 Å². The predicted octanol–water partition coefficient (Wildman–Crippen LogP) is 1.37. The Morgan fingerprint density at radius 2 is 2.29 bits per heavy atom. The lowest BCUT2D eigenvalue weighted by Crippen LogP contribution is -2.31. The van der Waals surface area contributed by atoms with Crippen molar-refractivity contribution in [1.29, 1.82) is 0 Å². The first kappa shape index (κ1) is 12.9. The number of rotatable bonds is 4. The number of anilines is 1. The summed E-state index contributed by atoms with van der Waals surface area (Å²) in [5, 5.41) is 0. The molecule has 0 saturated carbocycles. The summed E-state index contributed by atoms with van der Waals surface area (Å²) in [4.78, 5) is 13.7. The minimum Gasteiger partial charge on any atom is -0.495 e. The summed E-state index contributed by atoms with van der Waals surface area (Å²) < 4.78 is 5.07. The standard InChI is InChI=1S/C13H16N2O2/c1-4-8-15(5-2)13(16)10-6-7-11(14)12(9-10)17-3/h1,6-7,9H,5,8,14H2,2-3H3. The first-order chi connectivity index (χ1) is 8.13. The van der Waals surface area contributed by atoms with Gasteiger partial charge in [-0.15, -0.1) is 6.42 Å². The van der Waals surface area contributed by atoms with Crippen LogP contribution in [0.1, 0.15) is 17.3 Å². The van der Waals surface area contributed by atoms with Crippen LogP contribution in [-0.4, -0.2) is 31.0 Å². The normalized spacial score (nSPS) is 9.47. The first-order valence-corrected chi connectivity index (χ1v) is 5.30. The highest BCUT2D eigenvalue weighted by Crippen LogP contribution is 2.22. The van der Waals surface area contributed by atoms with Crippen molar-refractivity contribution >= 4 is 11.6 Å². The maximum atomic E-state index is 12.1. The number of benzene rings is 1. The van der Waals surface area contributed by atoms with Gasteiger partial charge in [0.05, 0.1) is 19.3 Å². The van der Waals surface area contributed by atoms with E-state index >= 15 is 0 Å². The molecule has 0 spiro atoms. The van der Waals surface area contributed by atoms with Crippen molar-refractivity contribution in [2.45, 2.75) is 6.92 Å². The van der Waals surface area contributed by atoms with Crippen LogP contribution in [0.4, 0.5) is 5.69 Å². The van der Waals surface area contributed by atoms with Gasteiger partial charge in [0.25, 0.3) is 5.91 Å². The van der Waals surface area contributed by atoms with Crippen LogP contribution in [0.2, 0.25) is 0 Å². The van der Waals surface area contributed by atoms with Crippen molar-refractivity contribution < 1.29 is 9.53 Å². The summed E-state index contributed by atoms with van der Waals surface area (Å²) in [6, 6.07) is 4.94. The molecule has 17 heavy (non-hydrogen) atoms. The van der Waals surface area contributed by atoms with Gasteiger partial charge in [-0.2, -0.15) is 0 Å². The van der Waals surface area contributed by atoms with Crippen molar-refractivity contribution in [3.8, 4) is 18.1 Å². The van der Waals surface area contributed by atoms with Gasteiger partial charge in [-0.3, -0.25) is 4.79 Å². The average Bonchev–Trinajstić information content (AvgIpc) is 2.35. The quantitative estimate of drug-likeness (QED) is 0.630. The van der Waals surface area contributed by atoms with Crippen LogP contribution < -0.4 is 10.5 Å². The van der Waals surface area contributed by atoms with Crippen molar-refractivity contribution in [1.82, 2.24) is 4.90 Å². The maximum Gasteiger partial charge on any atom is 0.254 e. The number of hydrogen-bond donors (Lipinski definition) is 1. The van der Waals surface area contributed by atoms with E-state index in [1.54, 1.807) is 23.1 Å². The Morgan fingerprint density at radius 1 is 1.59 bits per heavy atom. The van der Waals surface area contributed by atoms with Crippen molar-refractivity contribution in [2.75, 3.05) is 25.9 Å². The van der Waals surface area contributed by atoms with Crippen LogP contribution in [0.15, 0.2) is 18.2 Å². The van der Waals surface area contributed by atoms with Gasteiger partial charge in [0, 0.05) is 12.1 Å². The third-order valence-corrected chi connectivity index (χ3v) is 2.43. The van der Waals surface area contributed by atoms with Crippen LogP contribution in [0, 0.1) is 12.3 Å². The van der Waals surface area contributed by atoms with E-state index in [1.807, 2.05) is 6.92 Å². The number of carbonyl (C=O) groups is 1. The molecule has 0 unspecified atom stereocenters. The molecule has 1 amide bonds. The fraction of sp³-hybridized carbons (Fsp3) is 0.308. The number of nitrogens with two attached hydrogens (primary N) is 1. The first-order valence-electron chi connectivity index (χ1n) is 5.30. The van der Waals surface area contributed by atoms with Gasteiger partial charge in [-0.25, -0.2) is 0 Å². The van der Waals surface area contributed by atoms with Crippen molar-refractivity contribution in [3.05, 3.63) is 23.8 Å². The van der Waals surface area contributed by atoms with Crippen molar-refractivity contribution in [2.24, 2.45) is 0 Å². The highest BCUT2D eigenvalue weighted by molar-refractivity contribution is 5.95. The number of amides is 1. The molecule has 0 aromatic heterocycles. The monoisotopic (exact) mass is 232 g/mol. The van der Waals surface area contributed by atoms with E-state index in [4.69, 9.17) is 16.9 Å². The second-order valence-corrected chi connectivity index (χ2v) is 3.48. The van der Waals surface area contributed by atoms with Crippen LogP contribution in [0.3, 0.4) is 0 Å². The Balaban J connectivity index is 3.00. The topological polar surface area (TPSA) is 55.6 Å². The smallest absolute Gasteiger partial charge is 0.254 e. The predicted molar refractivity (Wildman–Crippen MR) is 67.8 cm³/mol. The molecule has 0 aliphatic heterocycles. The van der Waals surface area contributed by atoms with E-state index < -0.39 is 0 Å². The summed E-state index contributed by atoms with van der Waals surface area (Å²) in [5.41, 5.74) is 6.71. The van der Waals surface area contributed by atoms with E-state index in [-0.39, 0.29) is 5.91 Å². The zero-order chi connectivity index (χ0) is 12.8. The van der Waals surface area contributed by atoms with Gasteiger partial charge in [-0.05, 0) is 25.1 Å². The molecule has 2 N–H and O–H groups in total. The maximum absolute atomic E-state index is 12.1. The second kappa shape index (κ2) is 5.80. The summed E-state index contributed by atoms with van der Waals surface area (Å²) in [6.45, 7) is 2.74. The number of methoxy groups -OCH3 is 1. The molecule has 90 valence electrons. The van der Waals surface area contributed by atoms with E-state index in [2.05, 4.69) is 5.92 Å². The second-order valence-electron chi connectivity index (χ2n) is 3.48. The fourth-order valence-corrected chi connectivity index (χ4v) is 1.46. The zero-order valence-corrected chi connectivity index (χ0v) is 10.1. The lowest BCUT2D eigenvalue weighted by atomic mass is 10.1. The molecular formula is C13H16N2O2. The molecule has 0 aliphatic carbocycles. The summed E-state index contributed by atoms with van der Waals surface area (Å²) in [6.07, 6.45) is 5.21. The van der Waals surface area contributed by atoms with Crippen LogP contribution in [0.25, 0.3) is 0 Å². The van der Waals surface area contributed by atoms with Gasteiger partial charge < -0.3 is 15.4 Å². The SMILES string of the molecule is C#CCN(CC)C(=O)c1ccc(N)c(OC)c1. The molecule has 0 heterocycles. The minimum atomic E-state index is -0.122. The lowest BCUT2D eigenvalue weighted by molar-refractivity contribution is 0.0784. The molecule has 0 aliphatic rings. The molecule has 0 radical (unpaired) electrons. The molecule has 4 heteroatoms. The Bertz CT molecular complexity index is 449. The number of nitrogens with zero attached hydrogens (tertiary/aromatic N) is 1. The Labute approximate surface area is 101 Å². The number of ether oxygens (including phenoxy) is 1.